The molecule has 0 aliphatic heterocycles. The summed E-state index contributed by atoms with van der Waals surface area (Å²) in [6.45, 7) is 2.00. The lowest BCUT2D eigenvalue weighted by Gasteiger charge is -2.05. The Morgan fingerprint density at radius 2 is 2.25 bits per heavy atom. The molecule has 0 bridgehead atoms. The van der Waals surface area contributed by atoms with Crippen molar-refractivity contribution in [1.29, 1.82) is 0 Å². The van der Waals surface area contributed by atoms with Gasteiger partial charge in [-0.1, -0.05) is 18.5 Å². The van der Waals surface area contributed by atoms with Crippen LogP contribution in [0.5, 0.6) is 0 Å². The third-order valence-electron chi connectivity index (χ3n) is 1.70. The van der Waals surface area contributed by atoms with Crippen molar-refractivity contribution in [2.45, 2.75) is 13.3 Å². The first-order valence-corrected chi connectivity index (χ1v) is 4.79. The summed E-state index contributed by atoms with van der Waals surface area (Å²) in [4.78, 5) is 10.5. The minimum absolute atomic E-state index is 0.649. The van der Waals surface area contributed by atoms with Crippen LogP contribution in [0.2, 0.25) is 5.02 Å². The maximum absolute atomic E-state index is 10.5. The molecule has 0 aromatic heterocycles. The number of rotatable bonds is 2. The lowest BCUT2D eigenvalue weighted by molar-refractivity contribution is 0.112. The highest BCUT2D eigenvalue weighted by molar-refractivity contribution is 9.10. The predicted molar refractivity (Wildman–Crippen MR) is 53.9 cm³/mol. The zero-order valence-corrected chi connectivity index (χ0v) is 8.95. The molecule has 0 radical (unpaired) electrons. The number of hydrogen-bond donors (Lipinski definition) is 0. The van der Waals surface area contributed by atoms with Crippen LogP contribution >= 0.6 is 27.5 Å². The fourth-order valence-corrected chi connectivity index (χ4v) is 2.16. The van der Waals surface area contributed by atoms with Gasteiger partial charge in [-0.3, -0.25) is 4.79 Å². The van der Waals surface area contributed by atoms with Crippen molar-refractivity contribution in [3.8, 4) is 0 Å². The van der Waals surface area contributed by atoms with Gasteiger partial charge in [0, 0.05) is 15.1 Å². The van der Waals surface area contributed by atoms with Crippen LogP contribution in [0.15, 0.2) is 16.6 Å². The molecule has 1 nitrogen and oxygen atoms in total. The Bertz CT molecular complexity index is 310. The molecule has 0 atom stereocenters. The lowest BCUT2D eigenvalue weighted by Crippen LogP contribution is -1.90. The molecule has 0 N–H and O–H groups in total. The molecule has 0 saturated heterocycles. The molecule has 0 aliphatic carbocycles. The quantitative estimate of drug-likeness (QED) is 0.731. The highest BCUT2D eigenvalue weighted by Gasteiger charge is 2.06. The molecular formula is C9H8BrClO. The molecule has 0 heterocycles. The monoisotopic (exact) mass is 246 g/mol. The van der Waals surface area contributed by atoms with Crippen molar-refractivity contribution in [3.05, 3.63) is 32.8 Å². The summed E-state index contributed by atoms with van der Waals surface area (Å²) in [6, 6.07) is 3.45. The number of carbonyl (C=O) groups excluding carboxylic acids is 1. The summed E-state index contributed by atoms with van der Waals surface area (Å²) in [5.74, 6) is 0. The second-order valence-corrected chi connectivity index (χ2v) is 3.60. The van der Waals surface area contributed by atoms with Gasteiger partial charge in [-0.25, -0.2) is 0 Å². The first kappa shape index (κ1) is 9.75. The maximum Gasteiger partial charge on any atom is 0.151 e. The van der Waals surface area contributed by atoms with E-state index in [1.165, 1.54) is 0 Å². The van der Waals surface area contributed by atoms with Gasteiger partial charge < -0.3 is 0 Å². The van der Waals surface area contributed by atoms with E-state index < -0.39 is 0 Å². The summed E-state index contributed by atoms with van der Waals surface area (Å²) in [7, 11) is 0. The average molecular weight is 248 g/mol. The van der Waals surface area contributed by atoms with E-state index in [1.54, 1.807) is 12.1 Å². The van der Waals surface area contributed by atoms with Crippen molar-refractivity contribution in [2.24, 2.45) is 0 Å². The van der Waals surface area contributed by atoms with Gasteiger partial charge in [-0.15, -0.1) is 0 Å². The molecule has 0 aliphatic rings. The van der Waals surface area contributed by atoms with Crippen LogP contribution in [-0.4, -0.2) is 6.29 Å². The van der Waals surface area contributed by atoms with Crippen molar-refractivity contribution in [3.63, 3.8) is 0 Å². The second-order valence-electron chi connectivity index (χ2n) is 2.40. The molecule has 1 aromatic rings. The SMILES string of the molecule is CCc1c(Cl)ccc(C=O)c1Br. The van der Waals surface area contributed by atoms with E-state index in [0.29, 0.717) is 10.6 Å². The zero-order valence-electron chi connectivity index (χ0n) is 6.60. The van der Waals surface area contributed by atoms with E-state index in [2.05, 4.69) is 15.9 Å². The molecule has 0 unspecified atom stereocenters. The Balaban J connectivity index is 3.33. The number of aldehydes is 1. The van der Waals surface area contributed by atoms with Crippen molar-refractivity contribution in [1.82, 2.24) is 0 Å². The van der Waals surface area contributed by atoms with E-state index in [0.717, 1.165) is 22.7 Å². The molecule has 0 amide bonds. The summed E-state index contributed by atoms with van der Waals surface area (Å²) < 4.78 is 0.813. The Kier molecular flexibility index (Phi) is 3.29. The van der Waals surface area contributed by atoms with E-state index in [1.807, 2.05) is 6.92 Å². The summed E-state index contributed by atoms with van der Waals surface area (Å²) >= 11 is 9.25. The molecule has 0 fully saturated rings. The number of halogens is 2. The summed E-state index contributed by atoms with van der Waals surface area (Å²) in [6.07, 6.45) is 1.64. The van der Waals surface area contributed by atoms with Gasteiger partial charge in [0.1, 0.15) is 0 Å². The molecule has 0 spiro atoms. The third kappa shape index (κ3) is 1.70. The van der Waals surface area contributed by atoms with Crippen molar-refractivity contribution >= 4 is 33.8 Å². The van der Waals surface area contributed by atoms with Gasteiger partial charge in [-0.05, 0) is 40.0 Å². The Morgan fingerprint density at radius 1 is 1.58 bits per heavy atom. The van der Waals surface area contributed by atoms with Crippen LogP contribution in [0.4, 0.5) is 0 Å². The molecule has 1 rings (SSSR count). The van der Waals surface area contributed by atoms with Crippen LogP contribution in [0, 0.1) is 0 Å². The van der Waals surface area contributed by atoms with E-state index in [-0.39, 0.29) is 0 Å². The maximum atomic E-state index is 10.5. The summed E-state index contributed by atoms with van der Waals surface area (Å²) in [5, 5.41) is 0.704. The molecule has 1 aromatic carbocycles. The van der Waals surface area contributed by atoms with Crippen molar-refractivity contribution < 1.29 is 4.79 Å². The Morgan fingerprint density at radius 3 is 2.75 bits per heavy atom. The fraction of sp³-hybridized carbons (Fsp3) is 0.222. The number of benzene rings is 1. The van der Waals surface area contributed by atoms with Gasteiger partial charge in [0.05, 0.1) is 0 Å². The van der Waals surface area contributed by atoms with Gasteiger partial charge >= 0.3 is 0 Å². The smallest absolute Gasteiger partial charge is 0.151 e. The van der Waals surface area contributed by atoms with Crippen LogP contribution < -0.4 is 0 Å². The third-order valence-corrected chi connectivity index (χ3v) is 2.99. The topological polar surface area (TPSA) is 17.1 Å². The van der Waals surface area contributed by atoms with E-state index in [4.69, 9.17) is 11.6 Å². The molecule has 3 heteroatoms. The first-order chi connectivity index (χ1) is 5.70. The Hall–Kier alpha value is -0.340. The Labute approximate surface area is 84.9 Å². The number of hydrogen-bond acceptors (Lipinski definition) is 1. The predicted octanol–water partition coefficient (Wildman–Crippen LogP) is 3.48. The lowest BCUT2D eigenvalue weighted by atomic mass is 10.1. The van der Waals surface area contributed by atoms with Gasteiger partial charge in [0.2, 0.25) is 0 Å². The van der Waals surface area contributed by atoms with Gasteiger partial charge in [-0.2, -0.15) is 0 Å². The molecule has 0 saturated carbocycles. The van der Waals surface area contributed by atoms with Crippen LogP contribution in [0.25, 0.3) is 0 Å². The summed E-state index contributed by atoms with van der Waals surface area (Å²) in [5.41, 5.74) is 1.64. The van der Waals surface area contributed by atoms with Crippen LogP contribution in [0.3, 0.4) is 0 Å². The number of carbonyl (C=O) groups is 1. The zero-order chi connectivity index (χ0) is 9.14. The fourth-order valence-electron chi connectivity index (χ4n) is 1.03. The highest BCUT2D eigenvalue weighted by Crippen LogP contribution is 2.27. The minimum atomic E-state index is 0.649. The van der Waals surface area contributed by atoms with Crippen LogP contribution in [-0.2, 0) is 6.42 Å². The average Bonchev–Trinajstić information content (AvgIpc) is 2.06. The van der Waals surface area contributed by atoms with E-state index in [9.17, 15) is 4.79 Å². The van der Waals surface area contributed by atoms with Crippen molar-refractivity contribution in [2.75, 3.05) is 0 Å². The second kappa shape index (κ2) is 4.06. The van der Waals surface area contributed by atoms with E-state index >= 15 is 0 Å². The van der Waals surface area contributed by atoms with Gasteiger partial charge in [0.25, 0.3) is 0 Å². The molecule has 64 valence electrons. The highest BCUT2D eigenvalue weighted by atomic mass is 79.9. The van der Waals surface area contributed by atoms with Crippen LogP contribution in [0.1, 0.15) is 22.8 Å². The largest absolute Gasteiger partial charge is 0.298 e. The standard InChI is InChI=1S/C9H8BrClO/c1-2-7-8(11)4-3-6(5-12)9(7)10/h3-5H,2H2,1H3. The molecular weight excluding hydrogens is 239 g/mol. The minimum Gasteiger partial charge on any atom is -0.298 e. The normalized spacial score (nSPS) is 9.92. The first-order valence-electron chi connectivity index (χ1n) is 3.62. The molecule has 12 heavy (non-hydrogen) atoms. The van der Waals surface area contributed by atoms with Gasteiger partial charge in [0.15, 0.2) is 6.29 Å².